The van der Waals surface area contributed by atoms with E-state index in [-0.39, 0.29) is 0 Å². The number of azide groups is 1. The molecule has 0 spiro atoms. The molecule has 216 valence electrons. The summed E-state index contributed by atoms with van der Waals surface area (Å²) in [5.74, 6) is -5.09. The van der Waals surface area contributed by atoms with Crippen molar-refractivity contribution in [2.75, 3.05) is 13.7 Å². The van der Waals surface area contributed by atoms with Crippen LogP contribution in [0.4, 0.5) is 4.79 Å². The Morgan fingerprint density at radius 2 is 1.64 bits per heavy atom. The third-order valence-electron chi connectivity index (χ3n) is 4.83. The Labute approximate surface area is 224 Å². The summed E-state index contributed by atoms with van der Waals surface area (Å²) in [5.41, 5.74) is 8.17. The van der Waals surface area contributed by atoms with Crippen LogP contribution in [-0.4, -0.2) is 90.5 Å². The summed E-state index contributed by atoms with van der Waals surface area (Å²) in [6.07, 6.45) is -5.22. The molecule has 1 aliphatic heterocycles. The second kappa shape index (κ2) is 14.0. The van der Waals surface area contributed by atoms with Gasteiger partial charge in [-0.1, -0.05) is 5.11 Å². The molecule has 0 unspecified atom stereocenters. The Kier molecular flexibility index (Phi) is 11.7. The van der Waals surface area contributed by atoms with Gasteiger partial charge in [0, 0.05) is 32.6 Å². The fraction of sp³-hybridized carbons (Fsp3) is 0.652. The predicted octanol–water partition coefficient (Wildman–Crippen LogP) is 1.70. The first-order valence-electron chi connectivity index (χ1n) is 11.5. The number of rotatable bonds is 9. The van der Waals surface area contributed by atoms with E-state index in [0.29, 0.717) is 4.90 Å². The monoisotopic (exact) mass is 556 g/mol. The summed E-state index contributed by atoms with van der Waals surface area (Å²) in [5, 5.41) is 3.60. The van der Waals surface area contributed by atoms with Gasteiger partial charge in [-0.2, -0.15) is 0 Å². The third kappa shape index (κ3) is 9.81. The minimum absolute atomic E-state index is 0.532. The molecule has 39 heavy (non-hydrogen) atoms. The van der Waals surface area contributed by atoms with E-state index in [1.54, 1.807) is 0 Å². The average Bonchev–Trinajstić information content (AvgIpc) is 2.79. The smallest absolute Gasteiger partial charge is 0.417 e. The van der Waals surface area contributed by atoms with Crippen LogP contribution in [0, 0.1) is 0 Å². The lowest BCUT2D eigenvalue weighted by Gasteiger charge is -2.44. The summed E-state index contributed by atoms with van der Waals surface area (Å²) >= 11 is 0. The van der Waals surface area contributed by atoms with Crippen molar-refractivity contribution < 1.29 is 57.2 Å². The van der Waals surface area contributed by atoms with E-state index in [0.717, 1.165) is 40.9 Å². The van der Waals surface area contributed by atoms with Crippen molar-refractivity contribution in [3.63, 3.8) is 0 Å². The van der Waals surface area contributed by atoms with Gasteiger partial charge in [0.25, 0.3) is 0 Å². The van der Waals surface area contributed by atoms with Crippen LogP contribution in [0.25, 0.3) is 10.4 Å². The molecule has 0 saturated heterocycles. The van der Waals surface area contributed by atoms with Gasteiger partial charge in [-0.15, -0.1) is 0 Å². The molecule has 0 fully saturated rings. The predicted molar refractivity (Wildman–Crippen MR) is 128 cm³/mol. The van der Waals surface area contributed by atoms with Gasteiger partial charge in [0.1, 0.15) is 12.2 Å². The van der Waals surface area contributed by atoms with E-state index in [2.05, 4.69) is 14.8 Å². The first-order valence-corrected chi connectivity index (χ1v) is 11.5. The maximum atomic E-state index is 13.2. The molecule has 16 heteroatoms. The van der Waals surface area contributed by atoms with Gasteiger partial charge >= 0.3 is 30.0 Å². The molecule has 1 rings (SSSR count). The Balaban J connectivity index is 3.94. The van der Waals surface area contributed by atoms with Crippen molar-refractivity contribution in [2.45, 2.75) is 84.5 Å². The van der Waals surface area contributed by atoms with Crippen LogP contribution in [0.2, 0.25) is 0 Å². The lowest BCUT2D eigenvalue weighted by Crippen LogP contribution is -2.63. The molecule has 16 nitrogen and oxygen atoms in total. The van der Waals surface area contributed by atoms with Gasteiger partial charge in [-0.3, -0.25) is 19.2 Å². The maximum absolute atomic E-state index is 13.2. The molecular weight excluding hydrogens is 524 g/mol. The maximum Gasteiger partial charge on any atom is 0.417 e. The summed E-state index contributed by atoms with van der Waals surface area (Å²) in [4.78, 5) is 77.3. The summed E-state index contributed by atoms with van der Waals surface area (Å²) < 4.78 is 31.4. The van der Waals surface area contributed by atoms with Gasteiger partial charge < -0.3 is 28.4 Å². The topological polar surface area (TPSA) is 210 Å². The van der Waals surface area contributed by atoms with E-state index < -0.39 is 84.2 Å². The minimum atomic E-state index is -1.74. The molecule has 0 N–H and O–H groups in total. The van der Waals surface area contributed by atoms with Crippen LogP contribution in [0.15, 0.2) is 16.9 Å². The van der Waals surface area contributed by atoms with E-state index in [4.69, 9.17) is 23.7 Å². The van der Waals surface area contributed by atoms with Crippen molar-refractivity contribution in [1.29, 1.82) is 0 Å². The number of carbonyl (C=O) groups excluding carboxylic acids is 6. The Morgan fingerprint density at radius 1 is 1.05 bits per heavy atom. The highest BCUT2D eigenvalue weighted by atomic mass is 16.6. The van der Waals surface area contributed by atoms with Gasteiger partial charge in [-0.25, -0.2) is 14.5 Å². The minimum Gasteiger partial charge on any atom is -0.477 e. The summed E-state index contributed by atoms with van der Waals surface area (Å²) in [7, 11) is 1.03. The van der Waals surface area contributed by atoms with Crippen LogP contribution in [0.5, 0.6) is 0 Å². The fourth-order valence-electron chi connectivity index (χ4n) is 3.57. The number of amides is 2. The van der Waals surface area contributed by atoms with Crippen LogP contribution in [0.1, 0.15) is 48.5 Å². The zero-order valence-electron chi connectivity index (χ0n) is 22.9. The SMILES string of the molecule is COC(=O)C1=C[C@H](N=[N+]=[N-])[C@@H](N(C(C)=O)C(=O)OC(C)(C)C)[C@H]([C@H](OC(C)=O)[C@@H](COC(C)=O)OC(C)=O)O1. The van der Waals surface area contributed by atoms with Gasteiger partial charge in [-0.05, 0) is 32.4 Å². The van der Waals surface area contributed by atoms with Crippen molar-refractivity contribution in [2.24, 2.45) is 5.11 Å². The summed E-state index contributed by atoms with van der Waals surface area (Å²) in [6.45, 7) is 8.06. The number of ether oxygens (including phenoxy) is 6. The summed E-state index contributed by atoms with van der Waals surface area (Å²) in [6, 6.07) is -3.12. The first-order chi connectivity index (χ1) is 18.0. The molecule has 1 heterocycles. The molecule has 2 amide bonds. The molecular formula is C23H32N4O12. The van der Waals surface area contributed by atoms with E-state index in [9.17, 15) is 34.3 Å². The zero-order valence-corrected chi connectivity index (χ0v) is 22.9. The number of methoxy groups -OCH3 is 1. The molecule has 0 saturated carbocycles. The second-order valence-corrected chi connectivity index (χ2v) is 9.18. The standard InChI is InChI=1S/C23H32N4O12/c1-11(28)27(22(33)39-23(5,6)7)18-15(25-26-24)9-16(21(32)34-8)38-20(18)19(37-14(4)31)17(36-13(3)30)10-35-12(2)29/h9,15,17-20H,10H2,1-8H3/t15-,17+,18+,19+,20+/m0/s1. The Hall–Kier alpha value is -4.33. The number of esters is 4. The molecule has 0 aromatic rings. The second-order valence-electron chi connectivity index (χ2n) is 9.18. The lowest BCUT2D eigenvalue weighted by atomic mass is 9.91. The molecule has 0 radical (unpaired) electrons. The highest BCUT2D eigenvalue weighted by Crippen LogP contribution is 2.32. The van der Waals surface area contributed by atoms with Gasteiger partial charge in [0.05, 0.1) is 19.2 Å². The van der Waals surface area contributed by atoms with E-state index in [1.807, 2.05) is 0 Å². The normalized spacial score (nSPS) is 19.9. The highest BCUT2D eigenvalue weighted by Gasteiger charge is 2.52. The molecule has 5 atom stereocenters. The van der Waals surface area contributed by atoms with Crippen molar-refractivity contribution in [1.82, 2.24) is 4.90 Å². The van der Waals surface area contributed by atoms with E-state index >= 15 is 0 Å². The van der Waals surface area contributed by atoms with Crippen LogP contribution < -0.4 is 0 Å². The first kappa shape index (κ1) is 32.7. The number of imide groups is 1. The zero-order chi connectivity index (χ0) is 30.1. The fourth-order valence-corrected chi connectivity index (χ4v) is 3.57. The van der Waals surface area contributed by atoms with Crippen LogP contribution >= 0.6 is 0 Å². The number of hydrogen-bond acceptors (Lipinski definition) is 13. The molecule has 0 bridgehead atoms. The van der Waals surface area contributed by atoms with Crippen molar-refractivity contribution in [3.8, 4) is 0 Å². The molecule has 1 aliphatic rings. The van der Waals surface area contributed by atoms with Crippen molar-refractivity contribution in [3.05, 3.63) is 22.3 Å². The third-order valence-corrected chi connectivity index (χ3v) is 4.83. The number of nitrogens with zero attached hydrogens (tertiary/aromatic N) is 4. The Bertz CT molecular complexity index is 1060. The van der Waals surface area contributed by atoms with Crippen molar-refractivity contribution >= 4 is 35.9 Å². The van der Waals surface area contributed by atoms with E-state index in [1.165, 1.54) is 20.8 Å². The molecule has 0 aromatic heterocycles. The van der Waals surface area contributed by atoms with Crippen LogP contribution in [0.3, 0.4) is 0 Å². The number of carbonyl (C=O) groups is 6. The number of hydrogen-bond donors (Lipinski definition) is 0. The Morgan fingerprint density at radius 3 is 2.08 bits per heavy atom. The lowest BCUT2D eigenvalue weighted by molar-refractivity contribution is -0.191. The van der Waals surface area contributed by atoms with Gasteiger partial charge in [0.2, 0.25) is 11.7 Å². The average molecular weight is 557 g/mol. The quantitative estimate of drug-likeness (QED) is 0.131. The highest BCUT2D eigenvalue weighted by molar-refractivity contribution is 5.92. The van der Waals surface area contributed by atoms with Crippen LogP contribution in [-0.2, 0) is 52.4 Å². The largest absolute Gasteiger partial charge is 0.477 e. The molecule has 0 aromatic carbocycles. The molecule has 0 aliphatic carbocycles. The van der Waals surface area contributed by atoms with Gasteiger partial charge in [0.15, 0.2) is 18.3 Å².